The Kier molecular flexibility index (Phi) is 3.93. The van der Waals surface area contributed by atoms with Gasteiger partial charge in [0.2, 0.25) is 5.91 Å². The van der Waals surface area contributed by atoms with Gasteiger partial charge in [0.25, 0.3) is 5.56 Å². The molecule has 1 saturated carbocycles. The molecule has 6 heteroatoms. The van der Waals surface area contributed by atoms with E-state index in [2.05, 4.69) is 4.98 Å². The van der Waals surface area contributed by atoms with Crippen LogP contribution in [-0.4, -0.2) is 33.4 Å². The summed E-state index contributed by atoms with van der Waals surface area (Å²) >= 11 is 1.45. The Morgan fingerprint density at radius 1 is 1.26 bits per heavy atom. The van der Waals surface area contributed by atoms with Gasteiger partial charge in [0.15, 0.2) is 0 Å². The van der Waals surface area contributed by atoms with Crippen LogP contribution in [-0.2, 0) is 11.3 Å². The second-order valence-electron chi connectivity index (χ2n) is 6.75. The fourth-order valence-corrected chi connectivity index (χ4v) is 4.80. The van der Waals surface area contributed by atoms with Crippen LogP contribution in [0.25, 0.3) is 10.2 Å². The van der Waals surface area contributed by atoms with Crippen molar-refractivity contribution in [3.8, 4) is 0 Å². The van der Waals surface area contributed by atoms with E-state index in [1.165, 1.54) is 47.9 Å². The van der Waals surface area contributed by atoms with Crippen molar-refractivity contribution in [2.24, 2.45) is 11.8 Å². The van der Waals surface area contributed by atoms with Crippen molar-refractivity contribution >= 4 is 27.5 Å². The summed E-state index contributed by atoms with van der Waals surface area (Å²) in [5.41, 5.74) is -0.114. The van der Waals surface area contributed by atoms with E-state index in [0.29, 0.717) is 11.3 Å². The summed E-state index contributed by atoms with van der Waals surface area (Å²) in [6.45, 7) is 1.81. The van der Waals surface area contributed by atoms with Gasteiger partial charge in [-0.3, -0.25) is 14.2 Å². The molecule has 2 aliphatic rings. The van der Waals surface area contributed by atoms with E-state index in [4.69, 9.17) is 0 Å². The Labute approximate surface area is 138 Å². The zero-order valence-electron chi connectivity index (χ0n) is 13.1. The van der Waals surface area contributed by atoms with Crippen molar-refractivity contribution in [3.05, 3.63) is 28.1 Å². The second kappa shape index (κ2) is 6.07. The first-order chi connectivity index (χ1) is 11.2. The summed E-state index contributed by atoms with van der Waals surface area (Å²) < 4.78 is 1.45. The van der Waals surface area contributed by atoms with Gasteiger partial charge in [-0.1, -0.05) is 19.3 Å². The smallest absolute Gasteiger partial charge is 0.262 e. The molecule has 0 aromatic carbocycles. The summed E-state index contributed by atoms with van der Waals surface area (Å²) in [5.74, 6) is 1.52. The summed E-state index contributed by atoms with van der Waals surface area (Å²) in [6, 6.07) is 1.78. The minimum atomic E-state index is -0.114. The zero-order chi connectivity index (χ0) is 15.8. The van der Waals surface area contributed by atoms with E-state index >= 15 is 0 Å². The van der Waals surface area contributed by atoms with Crippen LogP contribution >= 0.6 is 11.3 Å². The monoisotopic (exact) mass is 331 g/mol. The molecule has 2 aromatic heterocycles. The molecule has 2 fully saturated rings. The third-order valence-electron chi connectivity index (χ3n) is 5.40. The zero-order valence-corrected chi connectivity index (χ0v) is 13.9. The molecule has 4 rings (SSSR count). The molecule has 1 aliphatic heterocycles. The molecule has 2 atom stereocenters. The average Bonchev–Trinajstić information content (AvgIpc) is 3.06. The molecular formula is C17H21N3O2S. The molecule has 2 aromatic rings. The van der Waals surface area contributed by atoms with Crippen molar-refractivity contribution in [1.82, 2.24) is 14.5 Å². The highest BCUT2D eigenvalue weighted by Crippen LogP contribution is 2.36. The predicted molar refractivity (Wildman–Crippen MR) is 90.5 cm³/mol. The van der Waals surface area contributed by atoms with Gasteiger partial charge in [-0.25, -0.2) is 4.98 Å². The van der Waals surface area contributed by atoms with Crippen molar-refractivity contribution in [3.63, 3.8) is 0 Å². The fourth-order valence-electron chi connectivity index (χ4n) is 4.08. The molecule has 3 heterocycles. The van der Waals surface area contributed by atoms with Gasteiger partial charge in [0.05, 0.1) is 11.7 Å². The molecule has 1 aliphatic carbocycles. The maximum Gasteiger partial charge on any atom is 0.262 e. The Balaban J connectivity index is 1.48. The third-order valence-corrected chi connectivity index (χ3v) is 6.22. The number of nitrogens with zero attached hydrogens (tertiary/aromatic N) is 3. The van der Waals surface area contributed by atoms with Gasteiger partial charge < -0.3 is 4.90 Å². The number of hydrogen-bond acceptors (Lipinski definition) is 4. The predicted octanol–water partition coefficient (Wildman–Crippen LogP) is 2.50. The minimum absolute atomic E-state index is 0.0486. The number of hydrogen-bond donors (Lipinski definition) is 0. The normalized spacial score (nSPS) is 24.6. The lowest BCUT2D eigenvalue weighted by Crippen LogP contribution is -2.46. The van der Waals surface area contributed by atoms with Gasteiger partial charge in [0, 0.05) is 13.1 Å². The maximum atomic E-state index is 12.6. The number of thiophene rings is 1. The third kappa shape index (κ3) is 2.80. The number of fused-ring (bicyclic) bond motifs is 2. The van der Waals surface area contributed by atoms with Crippen LogP contribution in [0, 0.1) is 11.8 Å². The van der Waals surface area contributed by atoms with E-state index in [9.17, 15) is 9.59 Å². The van der Waals surface area contributed by atoms with Gasteiger partial charge in [-0.2, -0.15) is 0 Å². The van der Waals surface area contributed by atoms with Gasteiger partial charge in [-0.15, -0.1) is 11.3 Å². The van der Waals surface area contributed by atoms with Crippen molar-refractivity contribution in [2.45, 2.75) is 38.6 Å². The van der Waals surface area contributed by atoms with Crippen LogP contribution < -0.4 is 5.56 Å². The first-order valence-electron chi connectivity index (χ1n) is 8.43. The van der Waals surface area contributed by atoms with E-state index in [0.717, 1.165) is 30.3 Å². The number of aromatic nitrogens is 2. The van der Waals surface area contributed by atoms with Crippen LogP contribution in [0.4, 0.5) is 0 Å². The summed E-state index contributed by atoms with van der Waals surface area (Å²) in [5, 5.41) is 2.47. The molecule has 0 bridgehead atoms. The molecule has 5 nitrogen and oxygen atoms in total. The summed E-state index contributed by atoms with van der Waals surface area (Å²) in [4.78, 5) is 32.0. The summed E-state index contributed by atoms with van der Waals surface area (Å²) in [6.07, 6.45) is 7.83. The Bertz CT molecular complexity index is 781. The lowest BCUT2D eigenvalue weighted by atomic mass is 9.75. The first kappa shape index (κ1) is 14.9. The molecule has 0 spiro atoms. The fraction of sp³-hybridized carbons (Fsp3) is 0.588. The van der Waals surface area contributed by atoms with E-state index in [-0.39, 0.29) is 18.0 Å². The molecule has 23 heavy (non-hydrogen) atoms. The molecule has 0 N–H and O–H groups in total. The van der Waals surface area contributed by atoms with E-state index in [1.807, 2.05) is 10.3 Å². The number of carbonyl (C=O) groups excluding carboxylic acids is 1. The Morgan fingerprint density at radius 3 is 2.96 bits per heavy atom. The number of carbonyl (C=O) groups is 1. The van der Waals surface area contributed by atoms with Crippen molar-refractivity contribution in [2.75, 3.05) is 13.1 Å². The van der Waals surface area contributed by atoms with Crippen LogP contribution in [0.2, 0.25) is 0 Å². The Hall–Kier alpha value is -1.69. The van der Waals surface area contributed by atoms with Gasteiger partial charge in [0.1, 0.15) is 11.4 Å². The van der Waals surface area contributed by atoms with Crippen LogP contribution in [0.5, 0.6) is 0 Å². The number of likely N-dealkylation sites (tertiary alicyclic amines) is 1. The molecule has 0 radical (unpaired) electrons. The molecule has 0 unspecified atom stereocenters. The summed E-state index contributed by atoms with van der Waals surface area (Å²) in [7, 11) is 0. The van der Waals surface area contributed by atoms with E-state index in [1.54, 1.807) is 6.07 Å². The van der Waals surface area contributed by atoms with Crippen LogP contribution in [0.3, 0.4) is 0 Å². The van der Waals surface area contributed by atoms with E-state index < -0.39 is 0 Å². The highest BCUT2D eigenvalue weighted by atomic mass is 32.1. The second-order valence-corrected chi connectivity index (χ2v) is 7.64. The van der Waals surface area contributed by atoms with Crippen molar-refractivity contribution in [1.29, 1.82) is 0 Å². The quantitative estimate of drug-likeness (QED) is 0.849. The number of rotatable bonds is 2. The van der Waals surface area contributed by atoms with Crippen molar-refractivity contribution < 1.29 is 4.79 Å². The average molecular weight is 331 g/mol. The molecular weight excluding hydrogens is 310 g/mol. The molecule has 1 saturated heterocycles. The number of piperidine rings is 1. The highest BCUT2D eigenvalue weighted by molar-refractivity contribution is 7.16. The lowest BCUT2D eigenvalue weighted by Gasteiger charge is -2.41. The first-order valence-corrected chi connectivity index (χ1v) is 9.31. The maximum absolute atomic E-state index is 12.6. The van der Waals surface area contributed by atoms with Crippen LogP contribution in [0.15, 0.2) is 22.6 Å². The standard InChI is InChI=1S/C17H21N3O2S/c21-15(19-7-5-12-3-1-2-4-13(12)9-19)10-20-11-18-16-14(17(20)22)6-8-23-16/h6,8,11-13H,1-5,7,9-10H2/t12-,13-/m1/s1. The number of amides is 1. The van der Waals surface area contributed by atoms with Gasteiger partial charge in [-0.05, 0) is 36.1 Å². The largest absolute Gasteiger partial charge is 0.341 e. The van der Waals surface area contributed by atoms with Gasteiger partial charge >= 0.3 is 0 Å². The van der Waals surface area contributed by atoms with Crippen LogP contribution in [0.1, 0.15) is 32.1 Å². The topological polar surface area (TPSA) is 55.2 Å². The lowest BCUT2D eigenvalue weighted by molar-refractivity contribution is -0.135. The molecule has 1 amide bonds. The minimum Gasteiger partial charge on any atom is -0.341 e. The Morgan fingerprint density at radius 2 is 2.09 bits per heavy atom. The highest BCUT2D eigenvalue weighted by Gasteiger charge is 2.32. The SMILES string of the molecule is O=C(Cn1cnc2sccc2c1=O)N1CC[C@H]2CCCC[C@@H]2C1. The molecule has 122 valence electrons.